The van der Waals surface area contributed by atoms with E-state index in [2.05, 4.69) is 46.9 Å². The number of aliphatic hydroxyl groups is 1. The van der Waals surface area contributed by atoms with E-state index in [4.69, 9.17) is 40.1 Å². The van der Waals surface area contributed by atoms with Crippen molar-refractivity contribution in [3.8, 4) is 0 Å². The van der Waals surface area contributed by atoms with Gasteiger partial charge in [-0.25, -0.2) is 0 Å². The van der Waals surface area contributed by atoms with E-state index in [0.717, 1.165) is 10.9 Å². The number of nitrogens with zero attached hydrogens (tertiary/aromatic N) is 2. The summed E-state index contributed by atoms with van der Waals surface area (Å²) in [5, 5.41) is 27.0. The third-order valence-corrected chi connectivity index (χ3v) is 11.2. The lowest BCUT2D eigenvalue weighted by Crippen LogP contribution is -2.61. The van der Waals surface area contributed by atoms with Crippen molar-refractivity contribution in [1.29, 1.82) is 0 Å². The van der Waals surface area contributed by atoms with E-state index in [9.17, 15) is 38.7 Å². The second-order valence-corrected chi connectivity index (χ2v) is 17.2. The van der Waals surface area contributed by atoms with Crippen molar-refractivity contribution in [2.75, 3.05) is 26.2 Å². The second kappa shape index (κ2) is 30.0. The topological polar surface area (TPSA) is 435 Å². The highest BCUT2D eigenvalue weighted by molar-refractivity contribution is 5.98. The van der Waals surface area contributed by atoms with Crippen molar-refractivity contribution in [2.45, 2.75) is 134 Å². The lowest BCUT2D eigenvalue weighted by molar-refractivity contribution is -0.136. The number of carbonyl (C=O) groups excluding carboxylic acids is 7. The first kappa shape index (κ1) is 57.6. The average Bonchev–Trinajstić information content (AvgIpc) is 3.70. The van der Waals surface area contributed by atoms with Crippen LogP contribution in [0.3, 0.4) is 0 Å². The highest BCUT2D eigenvalue weighted by Gasteiger charge is 2.34. The summed E-state index contributed by atoms with van der Waals surface area (Å²) in [6, 6.07) is -1.50. The fraction of sp³-hybridized carbons (Fsp3) is 0.614. The molecule has 68 heavy (non-hydrogen) atoms. The molecule has 1 heterocycles. The summed E-state index contributed by atoms with van der Waals surface area (Å²) in [5.41, 5.74) is 40.6. The molecule has 1 aromatic heterocycles. The van der Waals surface area contributed by atoms with E-state index < -0.39 is 90.3 Å². The average molecular weight is 957 g/mol. The fourth-order valence-corrected chi connectivity index (χ4v) is 7.09. The number of primary amides is 1. The lowest BCUT2D eigenvalue weighted by Gasteiger charge is -2.28. The SMILES string of the molecule is CC[C@@H](C)[C@@H](N)C(=O)N[C@@H](CC(C)C)C(=O)N[C@@H](CCCN=C(N)N)C(=O)N[C@@H](Cc1c[nH]c2ccccc12)C(=O)N[C@@H](CO)C(=O)N[C@@H](CCCN=C(N)N)C(=O)N[C@@H](CCCCN)C(N)=O. The number of nitrogens with one attached hydrogen (secondary N) is 7. The summed E-state index contributed by atoms with van der Waals surface area (Å²) >= 11 is 0. The molecule has 0 aliphatic carbocycles. The van der Waals surface area contributed by atoms with Gasteiger partial charge in [0.2, 0.25) is 41.4 Å². The van der Waals surface area contributed by atoms with Crippen molar-refractivity contribution in [2.24, 2.45) is 62.0 Å². The van der Waals surface area contributed by atoms with E-state index in [0.29, 0.717) is 31.4 Å². The van der Waals surface area contributed by atoms with Crippen LogP contribution in [0.25, 0.3) is 10.9 Å². The molecule has 1 aromatic carbocycles. The molecule has 0 fully saturated rings. The molecule has 24 nitrogen and oxygen atoms in total. The molecule has 2 aromatic rings. The first-order chi connectivity index (χ1) is 32.2. The minimum absolute atomic E-state index is 0.0115. The zero-order chi connectivity index (χ0) is 50.9. The third kappa shape index (κ3) is 20.1. The summed E-state index contributed by atoms with van der Waals surface area (Å²) < 4.78 is 0. The predicted octanol–water partition coefficient (Wildman–Crippen LogP) is -3.25. The number of H-pyrrole nitrogens is 1. The van der Waals surface area contributed by atoms with Crippen LogP contribution in [0.4, 0.5) is 0 Å². The van der Waals surface area contributed by atoms with E-state index in [1.807, 2.05) is 45.9 Å². The zero-order valence-corrected chi connectivity index (χ0v) is 39.7. The summed E-state index contributed by atoms with van der Waals surface area (Å²) in [4.78, 5) is 106. The van der Waals surface area contributed by atoms with Gasteiger partial charge in [-0.2, -0.15) is 0 Å². The Bertz CT molecular complexity index is 2020. The Morgan fingerprint density at radius 2 is 1.10 bits per heavy atom. The maximum Gasteiger partial charge on any atom is 0.245 e. The Morgan fingerprint density at radius 1 is 0.632 bits per heavy atom. The fourth-order valence-electron chi connectivity index (χ4n) is 7.09. The van der Waals surface area contributed by atoms with Gasteiger partial charge >= 0.3 is 0 Å². The van der Waals surface area contributed by atoms with Crippen molar-refractivity contribution < 1.29 is 38.7 Å². The summed E-state index contributed by atoms with van der Waals surface area (Å²) in [6.07, 6.45) is 3.96. The van der Waals surface area contributed by atoms with Gasteiger partial charge in [0, 0.05) is 36.6 Å². The first-order valence-corrected chi connectivity index (χ1v) is 23.1. The third-order valence-electron chi connectivity index (χ3n) is 11.2. The standard InChI is InChI=1S/C44H76N16O8/c1-5-25(4)35(46)42(68)59-32(20-24(2)3)39(65)56-31(16-11-19-53-44(50)51)38(64)58-33(21-26-22-54-28-13-7-6-12-27(26)28)40(66)60-34(23-61)41(67)57-30(15-10-18-52-43(48)49)37(63)55-29(36(47)62)14-8-9-17-45/h6-7,12-13,22,24-25,29-35,54,61H,5,8-11,14-21,23,45-46H2,1-4H3,(H2,47,62)(H,55,63)(H,56,65)(H,57,67)(H,58,64)(H,59,68)(H,60,66)(H4,48,49,52)(H4,50,51,53)/t25-,29+,30+,31+,32+,33+,34+,35-/m1/s1. The Hall–Kier alpha value is -6.53. The monoisotopic (exact) mass is 957 g/mol. The molecule has 8 atom stereocenters. The van der Waals surface area contributed by atoms with Gasteiger partial charge in [0.25, 0.3) is 0 Å². The van der Waals surface area contributed by atoms with E-state index in [1.165, 1.54) is 0 Å². The maximum atomic E-state index is 14.4. The van der Waals surface area contributed by atoms with Crippen molar-refractivity contribution >= 4 is 64.2 Å². The Kier molecular flexibility index (Phi) is 25.4. The molecule has 0 saturated heterocycles. The number of guanidine groups is 2. The van der Waals surface area contributed by atoms with Gasteiger partial charge < -0.3 is 82.1 Å². The number of benzene rings is 1. The Balaban J connectivity index is 2.50. The number of aliphatic hydroxyl groups excluding tert-OH is 1. The molecule has 7 amide bonds. The zero-order valence-electron chi connectivity index (χ0n) is 39.7. The number of nitrogens with two attached hydrogens (primary N) is 7. The van der Waals surface area contributed by atoms with Crippen LogP contribution in [0.2, 0.25) is 0 Å². The van der Waals surface area contributed by atoms with Crippen LogP contribution < -0.4 is 72.0 Å². The molecular formula is C44H76N16O8. The number of rotatable bonds is 32. The van der Waals surface area contributed by atoms with Crippen LogP contribution in [-0.4, -0.2) is 132 Å². The first-order valence-electron chi connectivity index (χ1n) is 23.1. The molecule has 0 aliphatic heterocycles. The molecule has 380 valence electrons. The maximum absolute atomic E-state index is 14.4. The van der Waals surface area contributed by atoms with Crippen LogP contribution in [0.15, 0.2) is 40.4 Å². The summed E-state index contributed by atoms with van der Waals surface area (Å²) in [6.45, 7) is 7.03. The van der Waals surface area contributed by atoms with Crippen molar-refractivity contribution in [3.63, 3.8) is 0 Å². The van der Waals surface area contributed by atoms with Gasteiger partial charge in [-0.1, -0.05) is 52.3 Å². The molecule has 2 rings (SSSR count). The molecule has 0 saturated carbocycles. The molecule has 0 unspecified atom stereocenters. The summed E-state index contributed by atoms with van der Waals surface area (Å²) in [5.74, 6) is -6.07. The molecule has 0 aliphatic rings. The van der Waals surface area contributed by atoms with Crippen molar-refractivity contribution in [3.05, 3.63) is 36.0 Å². The molecule has 0 spiro atoms. The van der Waals surface area contributed by atoms with E-state index in [1.54, 1.807) is 12.3 Å². The molecule has 24 heteroatoms. The van der Waals surface area contributed by atoms with Crippen LogP contribution in [-0.2, 0) is 40.0 Å². The van der Waals surface area contributed by atoms with Crippen LogP contribution >= 0.6 is 0 Å². The number of unbranched alkanes of at least 4 members (excludes halogenated alkanes) is 1. The van der Waals surface area contributed by atoms with Crippen LogP contribution in [0.1, 0.15) is 91.0 Å². The number of hydrogen-bond acceptors (Lipinski definition) is 12. The molecule has 22 N–H and O–H groups in total. The number of amides is 7. The number of aromatic amines is 1. The van der Waals surface area contributed by atoms with Crippen molar-refractivity contribution in [1.82, 2.24) is 36.9 Å². The van der Waals surface area contributed by atoms with Gasteiger partial charge in [-0.3, -0.25) is 43.5 Å². The number of aliphatic imine (C=N–C) groups is 2. The van der Waals surface area contributed by atoms with Gasteiger partial charge in [0.15, 0.2) is 11.9 Å². The molecule has 0 radical (unpaired) electrons. The summed E-state index contributed by atoms with van der Waals surface area (Å²) in [7, 11) is 0. The minimum atomic E-state index is -1.66. The Labute approximate surface area is 397 Å². The Morgan fingerprint density at radius 3 is 1.62 bits per heavy atom. The van der Waals surface area contributed by atoms with E-state index in [-0.39, 0.29) is 81.8 Å². The number of fused-ring (bicyclic) bond motifs is 1. The largest absolute Gasteiger partial charge is 0.394 e. The van der Waals surface area contributed by atoms with Gasteiger partial charge in [-0.05, 0) is 81.4 Å². The number of aromatic nitrogens is 1. The minimum Gasteiger partial charge on any atom is -0.394 e. The van der Waals surface area contributed by atoms with Crippen LogP contribution in [0, 0.1) is 11.8 Å². The highest BCUT2D eigenvalue weighted by atomic mass is 16.3. The molecular weight excluding hydrogens is 881 g/mol. The quantitative estimate of drug-likeness (QED) is 0.0195. The number of hydrogen-bond donors (Lipinski definition) is 15. The smallest absolute Gasteiger partial charge is 0.245 e. The van der Waals surface area contributed by atoms with Gasteiger partial charge in [0.1, 0.15) is 36.3 Å². The second-order valence-electron chi connectivity index (χ2n) is 17.2. The molecule has 0 bridgehead atoms. The predicted molar refractivity (Wildman–Crippen MR) is 259 cm³/mol. The van der Waals surface area contributed by atoms with E-state index >= 15 is 0 Å². The van der Waals surface area contributed by atoms with Gasteiger partial charge in [-0.15, -0.1) is 0 Å². The number of carbonyl (C=O) groups is 7. The normalized spacial score (nSPS) is 14.7. The lowest BCUT2D eigenvalue weighted by atomic mass is 9.97. The van der Waals surface area contributed by atoms with Gasteiger partial charge in [0.05, 0.1) is 12.6 Å². The number of para-hydroxylation sites is 1. The van der Waals surface area contributed by atoms with Crippen LogP contribution in [0.5, 0.6) is 0 Å². The highest BCUT2D eigenvalue weighted by Crippen LogP contribution is 2.20.